The van der Waals surface area contributed by atoms with Crippen molar-refractivity contribution in [1.82, 2.24) is 14.8 Å². The highest BCUT2D eigenvalue weighted by molar-refractivity contribution is 7.16. The Morgan fingerprint density at radius 2 is 1.96 bits per heavy atom. The third-order valence-electron chi connectivity index (χ3n) is 3.63. The van der Waals surface area contributed by atoms with Crippen molar-refractivity contribution in [2.24, 2.45) is 4.99 Å². The molecular weight excluding hydrogens is 372 g/mol. The van der Waals surface area contributed by atoms with Crippen LogP contribution in [0.3, 0.4) is 0 Å². The summed E-state index contributed by atoms with van der Waals surface area (Å²) in [5.74, 6) is 0.534. The van der Waals surface area contributed by atoms with E-state index in [1.807, 2.05) is 12.1 Å². The van der Waals surface area contributed by atoms with E-state index in [2.05, 4.69) is 51.5 Å². The van der Waals surface area contributed by atoms with Gasteiger partial charge in [0.2, 0.25) is 0 Å². The van der Waals surface area contributed by atoms with Gasteiger partial charge in [0, 0.05) is 14.7 Å². The summed E-state index contributed by atoms with van der Waals surface area (Å²) in [5, 5.41) is 8.23. The first kappa shape index (κ1) is 18.3. The Morgan fingerprint density at radius 1 is 1.16 bits per heavy atom. The molecule has 0 atom stereocenters. The van der Waals surface area contributed by atoms with Crippen LogP contribution in [0.25, 0.3) is 10.2 Å². The Bertz CT molecular complexity index is 915. The van der Waals surface area contributed by atoms with E-state index in [9.17, 15) is 0 Å². The maximum Gasteiger partial charge on any atom is 0.194 e. The van der Waals surface area contributed by atoms with Crippen molar-refractivity contribution < 1.29 is 4.74 Å². The summed E-state index contributed by atoms with van der Waals surface area (Å²) in [5.41, 5.74) is 1.11. The van der Waals surface area contributed by atoms with Gasteiger partial charge < -0.3 is 4.74 Å². The van der Waals surface area contributed by atoms with E-state index in [-0.39, 0.29) is 0 Å². The molecule has 8 heteroatoms. The second kappa shape index (κ2) is 7.78. The van der Waals surface area contributed by atoms with Gasteiger partial charge in [-0.1, -0.05) is 54.7 Å². The van der Waals surface area contributed by atoms with Gasteiger partial charge in [0.25, 0.3) is 0 Å². The number of para-hydroxylation sites is 1. The van der Waals surface area contributed by atoms with Crippen molar-refractivity contribution in [3.8, 4) is 0 Å². The average molecular weight is 393 g/mol. The highest BCUT2D eigenvalue weighted by Gasteiger charge is 2.12. The Labute approximate surface area is 157 Å². The molecule has 0 spiro atoms. The van der Waals surface area contributed by atoms with Gasteiger partial charge in [0.15, 0.2) is 15.8 Å². The number of ether oxygens (including phenoxy) is 1. The maximum absolute atomic E-state index is 5.95. The zero-order chi connectivity index (χ0) is 17.9. The number of nitrogens with zero attached hydrogens (tertiary/aromatic N) is 4. The third kappa shape index (κ3) is 4.98. The Morgan fingerprint density at radius 3 is 2.68 bits per heavy atom. The quantitative estimate of drug-likeness (QED) is 0.451. The highest BCUT2D eigenvalue weighted by atomic mass is 35.5. The predicted octanol–water partition coefficient (Wildman–Crippen LogP) is 4.69. The summed E-state index contributed by atoms with van der Waals surface area (Å²) in [7, 11) is -1.10. The Balaban J connectivity index is 1.90. The molecule has 5 nitrogen and oxygen atoms in total. The Hall–Kier alpha value is -1.54. The van der Waals surface area contributed by atoms with Gasteiger partial charge >= 0.3 is 0 Å². The highest BCUT2D eigenvalue weighted by Crippen LogP contribution is 2.18. The van der Waals surface area contributed by atoms with Crippen LogP contribution in [0.1, 0.15) is 0 Å². The molecule has 0 saturated carbocycles. The number of rotatable bonds is 6. The van der Waals surface area contributed by atoms with E-state index in [0.29, 0.717) is 17.7 Å². The second-order valence-electron chi connectivity index (χ2n) is 6.95. The number of halogens is 1. The number of hydrogen-bond donors (Lipinski definition) is 0. The number of aromatic nitrogens is 3. The second-order valence-corrected chi connectivity index (χ2v) is 14.0. The first-order valence-electron chi connectivity index (χ1n) is 8.12. The van der Waals surface area contributed by atoms with E-state index in [4.69, 9.17) is 16.3 Å². The SMILES string of the molecule is C[Si](C)(C)CCOCn1/c(=N/c2ccc(Cl)nn2)sc2ccccc21. The lowest BCUT2D eigenvalue weighted by Crippen LogP contribution is -2.23. The summed E-state index contributed by atoms with van der Waals surface area (Å²) in [6.07, 6.45) is 0. The standard InChI is InChI=1S/C17H21ClN4OSSi/c1-25(2,3)11-10-23-12-22-13-6-4-5-7-14(13)24-17(22)19-16-9-8-15(18)20-21-16/h4-9H,10-12H2,1-3H3/b19-17-. The van der Waals surface area contributed by atoms with Crippen molar-refractivity contribution >= 4 is 47.0 Å². The molecule has 0 bridgehead atoms. The topological polar surface area (TPSA) is 52.3 Å². The summed E-state index contributed by atoms with van der Waals surface area (Å²) in [4.78, 5) is 5.46. The largest absolute Gasteiger partial charge is 0.361 e. The van der Waals surface area contributed by atoms with E-state index >= 15 is 0 Å². The molecule has 0 aliphatic rings. The van der Waals surface area contributed by atoms with Gasteiger partial charge in [-0.2, -0.15) is 4.99 Å². The molecule has 0 aliphatic carbocycles. The van der Waals surface area contributed by atoms with Crippen LogP contribution in [0, 0.1) is 0 Å². The van der Waals surface area contributed by atoms with Crippen molar-refractivity contribution in [2.45, 2.75) is 32.4 Å². The van der Waals surface area contributed by atoms with E-state index in [1.165, 1.54) is 0 Å². The van der Waals surface area contributed by atoms with Gasteiger partial charge in [-0.3, -0.25) is 4.57 Å². The molecule has 0 fully saturated rings. The minimum absolute atomic E-state index is 0.359. The summed E-state index contributed by atoms with van der Waals surface area (Å²) in [6.45, 7) is 8.30. The van der Waals surface area contributed by atoms with Crippen LogP contribution in [0.15, 0.2) is 41.4 Å². The molecule has 0 aliphatic heterocycles. The normalized spacial score (nSPS) is 12.9. The van der Waals surface area contributed by atoms with Crippen LogP contribution in [-0.4, -0.2) is 29.4 Å². The smallest absolute Gasteiger partial charge is 0.194 e. The van der Waals surface area contributed by atoms with E-state index in [0.717, 1.165) is 27.7 Å². The van der Waals surface area contributed by atoms with Crippen molar-refractivity contribution in [3.05, 3.63) is 46.4 Å². The lowest BCUT2D eigenvalue weighted by molar-refractivity contribution is 0.0884. The van der Waals surface area contributed by atoms with Crippen molar-refractivity contribution in [3.63, 3.8) is 0 Å². The fraction of sp³-hybridized carbons (Fsp3) is 0.353. The maximum atomic E-state index is 5.95. The minimum atomic E-state index is -1.10. The summed E-state index contributed by atoms with van der Waals surface area (Å²) >= 11 is 7.41. The monoisotopic (exact) mass is 392 g/mol. The van der Waals surface area contributed by atoms with E-state index in [1.54, 1.807) is 23.5 Å². The van der Waals surface area contributed by atoms with Gasteiger partial charge in [0.05, 0.1) is 10.2 Å². The van der Waals surface area contributed by atoms with Crippen LogP contribution in [0.2, 0.25) is 30.8 Å². The number of hydrogen-bond acceptors (Lipinski definition) is 5. The van der Waals surface area contributed by atoms with Crippen LogP contribution in [0.4, 0.5) is 5.82 Å². The molecule has 0 saturated heterocycles. The molecule has 3 aromatic rings. The fourth-order valence-corrected chi connectivity index (χ4v) is 4.12. The molecule has 0 amide bonds. The lowest BCUT2D eigenvalue weighted by atomic mass is 10.3. The molecule has 0 unspecified atom stereocenters. The summed E-state index contributed by atoms with van der Waals surface area (Å²) in [6, 6.07) is 12.8. The number of thiazole rings is 1. The van der Waals surface area contributed by atoms with Gasteiger partial charge in [-0.25, -0.2) is 0 Å². The first-order chi connectivity index (χ1) is 11.9. The molecule has 2 aromatic heterocycles. The minimum Gasteiger partial charge on any atom is -0.361 e. The van der Waals surface area contributed by atoms with E-state index < -0.39 is 8.07 Å². The molecular formula is C17H21ClN4OSSi. The molecule has 0 N–H and O–H groups in total. The molecule has 1 aromatic carbocycles. The van der Waals surface area contributed by atoms with Gasteiger partial charge in [-0.05, 0) is 30.3 Å². The molecule has 0 radical (unpaired) electrons. The zero-order valence-corrected chi connectivity index (χ0v) is 17.1. The predicted molar refractivity (Wildman–Crippen MR) is 106 cm³/mol. The molecule has 2 heterocycles. The van der Waals surface area contributed by atoms with Crippen LogP contribution in [0.5, 0.6) is 0 Å². The Kier molecular flexibility index (Phi) is 5.68. The van der Waals surface area contributed by atoms with Crippen LogP contribution in [-0.2, 0) is 11.5 Å². The van der Waals surface area contributed by atoms with Crippen LogP contribution < -0.4 is 4.80 Å². The first-order valence-corrected chi connectivity index (χ1v) is 13.0. The average Bonchev–Trinajstić information content (AvgIpc) is 2.90. The van der Waals surface area contributed by atoms with Crippen LogP contribution >= 0.6 is 22.9 Å². The molecule has 3 rings (SSSR count). The number of fused-ring (bicyclic) bond motifs is 1. The zero-order valence-electron chi connectivity index (χ0n) is 14.6. The number of benzene rings is 1. The van der Waals surface area contributed by atoms with Crippen molar-refractivity contribution in [2.75, 3.05) is 6.61 Å². The lowest BCUT2D eigenvalue weighted by Gasteiger charge is -2.15. The van der Waals surface area contributed by atoms with Crippen molar-refractivity contribution in [1.29, 1.82) is 0 Å². The fourth-order valence-electron chi connectivity index (χ4n) is 2.23. The third-order valence-corrected chi connectivity index (χ3v) is 6.60. The summed E-state index contributed by atoms with van der Waals surface area (Å²) < 4.78 is 9.19. The van der Waals surface area contributed by atoms with Gasteiger partial charge in [0.1, 0.15) is 6.73 Å². The van der Waals surface area contributed by atoms with Gasteiger partial charge in [-0.15, -0.1) is 10.2 Å². The molecule has 132 valence electrons. The molecule has 25 heavy (non-hydrogen) atoms.